The highest BCUT2D eigenvalue weighted by atomic mass is 16.3. The number of carbonyl (C=O) groups excluding carboxylic acids is 2. The van der Waals surface area contributed by atoms with Gasteiger partial charge in [0.2, 0.25) is 5.91 Å². The number of aliphatic hydroxyl groups is 2. The fourth-order valence-electron chi connectivity index (χ4n) is 0.949. The van der Waals surface area contributed by atoms with Crippen LogP contribution in [-0.4, -0.2) is 41.2 Å². The van der Waals surface area contributed by atoms with Crippen LogP contribution in [0.15, 0.2) is 12.7 Å². The van der Waals surface area contributed by atoms with Gasteiger partial charge in [-0.3, -0.25) is 9.59 Å². The zero-order valence-corrected chi connectivity index (χ0v) is 9.69. The van der Waals surface area contributed by atoms with Crippen LogP contribution >= 0.6 is 0 Å². The molecule has 1 atom stereocenters. The first-order valence-electron chi connectivity index (χ1n) is 5.07. The van der Waals surface area contributed by atoms with Crippen molar-refractivity contribution in [3.8, 4) is 0 Å². The molecular weight excluding hydrogens is 210 g/mol. The molecule has 0 bridgehead atoms. The van der Waals surface area contributed by atoms with E-state index in [0.717, 1.165) is 0 Å². The van der Waals surface area contributed by atoms with Crippen LogP contribution in [-0.2, 0) is 9.59 Å². The Kier molecular flexibility index (Phi) is 5.92. The van der Waals surface area contributed by atoms with E-state index in [1.807, 2.05) is 0 Å². The predicted molar refractivity (Wildman–Crippen MR) is 59.7 cm³/mol. The second-order valence-electron chi connectivity index (χ2n) is 4.26. The summed E-state index contributed by atoms with van der Waals surface area (Å²) in [7, 11) is 0. The van der Waals surface area contributed by atoms with Crippen LogP contribution in [0.2, 0.25) is 0 Å². The highest BCUT2D eigenvalue weighted by Crippen LogP contribution is 2.19. The quantitative estimate of drug-likeness (QED) is 0.520. The molecule has 5 heteroatoms. The zero-order chi connectivity index (χ0) is 12.8. The van der Waals surface area contributed by atoms with Crippen molar-refractivity contribution in [3.63, 3.8) is 0 Å². The number of allylic oxidation sites excluding steroid dienone is 1. The number of hydrogen-bond donors (Lipinski definition) is 3. The van der Waals surface area contributed by atoms with Gasteiger partial charge in [-0.15, -0.1) is 0 Å². The molecule has 5 nitrogen and oxygen atoms in total. The lowest BCUT2D eigenvalue weighted by Crippen LogP contribution is -2.45. The molecule has 0 aromatic rings. The van der Waals surface area contributed by atoms with Crippen LogP contribution in [0.3, 0.4) is 0 Å². The summed E-state index contributed by atoms with van der Waals surface area (Å²) < 4.78 is 0. The fraction of sp³-hybridized carbons (Fsp3) is 0.636. The Balaban J connectivity index is 4.07. The Morgan fingerprint density at radius 1 is 1.50 bits per heavy atom. The molecule has 0 fully saturated rings. The lowest BCUT2D eigenvalue weighted by Gasteiger charge is -2.27. The van der Waals surface area contributed by atoms with E-state index in [0.29, 0.717) is 0 Å². The van der Waals surface area contributed by atoms with Gasteiger partial charge in [-0.2, -0.15) is 0 Å². The maximum atomic E-state index is 11.4. The van der Waals surface area contributed by atoms with E-state index in [2.05, 4.69) is 11.9 Å². The highest BCUT2D eigenvalue weighted by molar-refractivity contribution is 5.89. The SMILES string of the molecule is C=CC(=O)CCNC(=O)[C@H](O)C(C)(C)CO. The van der Waals surface area contributed by atoms with Gasteiger partial charge in [0.25, 0.3) is 0 Å². The first-order valence-corrected chi connectivity index (χ1v) is 5.07. The summed E-state index contributed by atoms with van der Waals surface area (Å²) >= 11 is 0. The molecule has 0 aliphatic rings. The maximum Gasteiger partial charge on any atom is 0.249 e. The molecule has 0 saturated heterocycles. The summed E-state index contributed by atoms with van der Waals surface area (Å²) in [4.78, 5) is 22.3. The summed E-state index contributed by atoms with van der Waals surface area (Å²) in [6, 6.07) is 0. The zero-order valence-electron chi connectivity index (χ0n) is 9.69. The van der Waals surface area contributed by atoms with E-state index in [4.69, 9.17) is 5.11 Å². The number of aliphatic hydroxyl groups excluding tert-OH is 2. The van der Waals surface area contributed by atoms with Crippen LogP contribution in [0.25, 0.3) is 0 Å². The van der Waals surface area contributed by atoms with Gasteiger partial charge in [0.15, 0.2) is 5.78 Å². The fourth-order valence-corrected chi connectivity index (χ4v) is 0.949. The van der Waals surface area contributed by atoms with Crippen LogP contribution in [0.4, 0.5) is 0 Å². The third-order valence-corrected chi connectivity index (χ3v) is 2.29. The molecule has 3 N–H and O–H groups in total. The summed E-state index contributed by atoms with van der Waals surface area (Å²) in [6.45, 7) is 6.31. The molecule has 0 aromatic carbocycles. The van der Waals surface area contributed by atoms with Gasteiger partial charge in [0.1, 0.15) is 6.10 Å². The number of nitrogens with one attached hydrogen (secondary N) is 1. The molecule has 0 aliphatic heterocycles. The van der Waals surface area contributed by atoms with Gasteiger partial charge in [0, 0.05) is 18.4 Å². The molecule has 0 radical (unpaired) electrons. The van der Waals surface area contributed by atoms with Gasteiger partial charge < -0.3 is 15.5 Å². The van der Waals surface area contributed by atoms with Gasteiger partial charge in [0.05, 0.1) is 6.61 Å². The van der Waals surface area contributed by atoms with Crippen molar-refractivity contribution in [2.45, 2.75) is 26.4 Å². The number of carbonyl (C=O) groups is 2. The van der Waals surface area contributed by atoms with Crippen molar-refractivity contribution in [1.29, 1.82) is 0 Å². The van der Waals surface area contributed by atoms with Gasteiger partial charge >= 0.3 is 0 Å². The molecule has 0 spiro atoms. The Hall–Kier alpha value is -1.20. The predicted octanol–water partition coefficient (Wildman–Crippen LogP) is -0.373. The van der Waals surface area contributed by atoms with E-state index in [-0.39, 0.29) is 25.4 Å². The maximum absolute atomic E-state index is 11.4. The van der Waals surface area contributed by atoms with Gasteiger partial charge in [-0.25, -0.2) is 0 Å². The van der Waals surface area contributed by atoms with E-state index < -0.39 is 17.4 Å². The third kappa shape index (κ3) is 4.55. The van der Waals surface area contributed by atoms with Crippen molar-refractivity contribution in [3.05, 3.63) is 12.7 Å². The molecule has 0 aromatic heterocycles. The summed E-state index contributed by atoms with van der Waals surface area (Å²) in [6.07, 6.45) is 0.0400. The van der Waals surface area contributed by atoms with E-state index in [1.54, 1.807) is 13.8 Å². The molecule has 0 unspecified atom stereocenters. The Bertz CT molecular complexity index is 273. The van der Waals surface area contributed by atoms with Crippen LogP contribution < -0.4 is 5.32 Å². The van der Waals surface area contributed by atoms with E-state index >= 15 is 0 Å². The van der Waals surface area contributed by atoms with Crippen LogP contribution in [0.1, 0.15) is 20.3 Å². The van der Waals surface area contributed by atoms with Crippen molar-refractivity contribution in [2.75, 3.05) is 13.2 Å². The molecule has 0 saturated carbocycles. The number of rotatable bonds is 7. The number of hydrogen-bond acceptors (Lipinski definition) is 4. The second-order valence-corrected chi connectivity index (χ2v) is 4.26. The standard InChI is InChI=1S/C11H19NO4/c1-4-8(14)5-6-12-10(16)9(15)11(2,3)7-13/h4,9,13,15H,1,5-7H2,2-3H3,(H,12,16)/t9-/m0/s1. The van der Waals surface area contributed by atoms with E-state index in [1.165, 1.54) is 6.08 Å². The lowest BCUT2D eigenvalue weighted by atomic mass is 9.87. The summed E-state index contributed by atoms with van der Waals surface area (Å²) in [5.74, 6) is -0.757. The van der Waals surface area contributed by atoms with Gasteiger partial charge in [-0.1, -0.05) is 20.4 Å². The molecule has 0 rings (SSSR count). The Labute approximate surface area is 95.2 Å². The molecule has 0 aliphatic carbocycles. The monoisotopic (exact) mass is 229 g/mol. The van der Waals surface area contributed by atoms with E-state index in [9.17, 15) is 14.7 Å². The minimum Gasteiger partial charge on any atom is -0.396 e. The van der Waals surface area contributed by atoms with Crippen molar-refractivity contribution >= 4 is 11.7 Å². The third-order valence-electron chi connectivity index (χ3n) is 2.29. The molecule has 0 heterocycles. The Morgan fingerprint density at radius 3 is 2.50 bits per heavy atom. The van der Waals surface area contributed by atoms with Crippen LogP contribution in [0, 0.1) is 5.41 Å². The lowest BCUT2D eigenvalue weighted by molar-refractivity contribution is -0.137. The minimum absolute atomic E-state index is 0.154. The van der Waals surface area contributed by atoms with Crippen molar-refractivity contribution in [1.82, 2.24) is 5.32 Å². The molecule has 16 heavy (non-hydrogen) atoms. The van der Waals surface area contributed by atoms with Gasteiger partial charge in [-0.05, 0) is 6.08 Å². The average molecular weight is 229 g/mol. The highest BCUT2D eigenvalue weighted by Gasteiger charge is 2.32. The first kappa shape index (κ1) is 14.8. The number of amides is 1. The normalized spacial score (nSPS) is 13.0. The number of ketones is 1. The molecule has 1 amide bonds. The topological polar surface area (TPSA) is 86.6 Å². The summed E-state index contributed by atoms with van der Waals surface area (Å²) in [5.41, 5.74) is -0.896. The van der Waals surface area contributed by atoms with Crippen molar-refractivity contribution < 1.29 is 19.8 Å². The van der Waals surface area contributed by atoms with Crippen LogP contribution in [0.5, 0.6) is 0 Å². The van der Waals surface area contributed by atoms with Crippen molar-refractivity contribution in [2.24, 2.45) is 5.41 Å². The Morgan fingerprint density at radius 2 is 2.06 bits per heavy atom. The smallest absolute Gasteiger partial charge is 0.249 e. The summed E-state index contributed by atoms with van der Waals surface area (Å²) in [5, 5.41) is 21.0. The average Bonchev–Trinajstić information content (AvgIpc) is 2.27. The largest absolute Gasteiger partial charge is 0.396 e. The first-order chi connectivity index (χ1) is 7.35. The minimum atomic E-state index is -1.30. The molecule has 92 valence electrons. The second kappa shape index (κ2) is 6.40. The molecular formula is C11H19NO4.